The molecule has 1 heterocycles. The number of hydrogen-bond donors (Lipinski definition) is 1. The van der Waals surface area contributed by atoms with E-state index in [-0.39, 0.29) is 0 Å². The molecule has 0 unspecified atom stereocenters. The molecule has 0 spiro atoms. The summed E-state index contributed by atoms with van der Waals surface area (Å²) in [5, 5.41) is 8.04. The van der Waals surface area contributed by atoms with Gasteiger partial charge in [-0.15, -0.1) is 0 Å². The van der Waals surface area contributed by atoms with E-state index < -0.39 is 0 Å². The van der Waals surface area contributed by atoms with Crippen molar-refractivity contribution in [3.63, 3.8) is 0 Å². The van der Waals surface area contributed by atoms with Crippen LogP contribution in [0.2, 0.25) is 0 Å². The molecule has 3 nitrogen and oxygen atoms in total. The van der Waals surface area contributed by atoms with Crippen molar-refractivity contribution in [2.24, 2.45) is 0 Å². The highest BCUT2D eigenvalue weighted by Crippen LogP contribution is 2.12. The first-order valence-electron chi connectivity index (χ1n) is 6.10. The van der Waals surface area contributed by atoms with E-state index in [1.165, 1.54) is 5.57 Å². The van der Waals surface area contributed by atoms with Crippen LogP contribution in [0, 0.1) is 5.41 Å². The van der Waals surface area contributed by atoms with Crippen molar-refractivity contribution in [1.29, 1.82) is 5.41 Å². The van der Waals surface area contributed by atoms with E-state index in [2.05, 4.69) is 23.1 Å². The summed E-state index contributed by atoms with van der Waals surface area (Å²) in [6, 6.07) is 0. The van der Waals surface area contributed by atoms with E-state index in [0.29, 0.717) is 0 Å². The predicted molar refractivity (Wildman–Crippen MR) is 66.1 cm³/mol. The molecule has 88 valence electrons. The van der Waals surface area contributed by atoms with Crippen molar-refractivity contribution >= 4 is 5.71 Å². The molecule has 1 fully saturated rings. The van der Waals surface area contributed by atoms with Gasteiger partial charge in [-0.3, -0.25) is 4.90 Å². The van der Waals surface area contributed by atoms with E-state index in [0.717, 1.165) is 57.8 Å². The highest BCUT2D eigenvalue weighted by atomic mass is 16.5. The smallest absolute Gasteiger partial charge is 0.0594 e. The van der Waals surface area contributed by atoms with Crippen molar-refractivity contribution in [3.8, 4) is 0 Å². The Labute approximate surface area is 97.3 Å². The second kappa shape index (κ2) is 5.97. The lowest BCUT2D eigenvalue weighted by atomic mass is 10.0. The van der Waals surface area contributed by atoms with Crippen LogP contribution < -0.4 is 0 Å². The monoisotopic (exact) mass is 220 g/mol. The molecular formula is C13H20N2O. The molecule has 3 heteroatoms. The molecule has 0 amide bonds. The standard InChI is InChI=1S/C13H20N2O/c14-13-6-4-2-1-3-5-12(13)11-15-7-9-16-10-8-15/h1,3,5,14H,2,4,6-11H2/b3-1?,12-5-,14-13?. The summed E-state index contributed by atoms with van der Waals surface area (Å²) in [6.07, 6.45) is 9.53. The molecule has 0 radical (unpaired) electrons. The molecular weight excluding hydrogens is 200 g/mol. The van der Waals surface area contributed by atoms with E-state index in [4.69, 9.17) is 10.1 Å². The summed E-state index contributed by atoms with van der Waals surface area (Å²) < 4.78 is 5.33. The van der Waals surface area contributed by atoms with Crippen LogP contribution in [0.1, 0.15) is 19.3 Å². The zero-order valence-corrected chi connectivity index (χ0v) is 9.74. The van der Waals surface area contributed by atoms with Gasteiger partial charge in [-0.1, -0.05) is 18.2 Å². The second-order valence-electron chi connectivity index (χ2n) is 4.38. The molecule has 0 aromatic heterocycles. The number of morpholine rings is 1. The van der Waals surface area contributed by atoms with Crippen LogP contribution >= 0.6 is 0 Å². The van der Waals surface area contributed by atoms with Crippen molar-refractivity contribution in [2.75, 3.05) is 32.8 Å². The number of nitrogens with zero attached hydrogens (tertiary/aromatic N) is 1. The van der Waals surface area contributed by atoms with E-state index in [1.54, 1.807) is 0 Å². The Morgan fingerprint density at radius 1 is 1.31 bits per heavy atom. The van der Waals surface area contributed by atoms with Crippen molar-refractivity contribution in [2.45, 2.75) is 19.3 Å². The Kier molecular flexibility index (Phi) is 4.31. The first-order chi connectivity index (χ1) is 7.86. The van der Waals surface area contributed by atoms with E-state index in [9.17, 15) is 0 Å². The van der Waals surface area contributed by atoms with Crippen LogP contribution in [0.25, 0.3) is 0 Å². The third-order valence-corrected chi connectivity index (χ3v) is 3.12. The highest BCUT2D eigenvalue weighted by molar-refractivity contribution is 5.98. The summed E-state index contributed by atoms with van der Waals surface area (Å²) in [4.78, 5) is 2.37. The maximum atomic E-state index is 8.04. The third kappa shape index (κ3) is 3.29. The van der Waals surface area contributed by atoms with Gasteiger partial charge in [-0.05, 0) is 24.8 Å². The fourth-order valence-corrected chi connectivity index (χ4v) is 2.09. The Bertz CT molecular complexity index is 301. The molecule has 16 heavy (non-hydrogen) atoms. The lowest BCUT2D eigenvalue weighted by Crippen LogP contribution is -2.38. The Balaban J connectivity index is 1.96. The second-order valence-corrected chi connectivity index (χ2v) is 4.38. The minimum Gasteiger partial charge on any atom is -0.379 e. The molecule has 1 N–H and O–H groups in total. The minimum atomic E-state index is 0.816. The number of nitrogens with one attached hydrogen (secondary N) is 1. The normalized spacial score (nSPS) is 27.0. The van der Waals surface area contributed by atoms with Crippen LogP contribution in [-0.4, -0.2) is 43.5 Å². The van der Waals surface area contributed by atoms with Gasteiger partial charge >= 0.3 is 0 Å². The fourth-order valence-electron chi connectivity index (χ4n) is 2.09. The van der Waals surface area contributed by atoms with Crippen LogP contribution in [-0.2, 0) is 4.74 Å². The lowest BCUT2D eigenvalue weighted by molar-refractivity contribution is 0.0428. The van der Waals surface area contributed by atoms with Crippen molar-refractivity contribution < 1.29 is 4.74 Å². The van der Waals surface area contributed by atoms with E-state index in [1.807, 2.05) is 0 Å². The van der Waals surface area contributed by atoms with Crippen LogP contribution in [0.3, 0.4) is 0 Å². The summed E-state index contributed by atoms with van der Waals surface area (Å²) in [5.41, 5.74) is 1.99. The molecule has 0 atom stereocenters. The summed E-state index contributed by atoms with van der Waals surface area (Å²) in [7, 11) is 0. The average Bonchev–Trinajstić information content (AvgIpc) is 2.30. The van der Waals surface area contributed by atoms with Gasteiger partial charge in [0.25, 0.3) is 0 Å². The van der Waals surface area contributed by atoms with E-state index >= 15 is 0 Å². The number of allylic oxidation sites excluding steroid dienone is 3. The summed E-state index contributed by atoms with van der Waals surface area (Å²) >= 11 is 0. The SMILES string of the molecule is N=C1CCCC=C/C=C\1CN1CCOCC1. The molecule has 0 aromatic rings. The minimum absolute atomic E-state index is 0.816. The number of hydrogen-bond acceptors (Lipinski definition) is 3. The van der Waals surface area contributed by atoms with Crippen LogP contribution in [0.15, 0.2) is 23.8 Å². The molecule has 1 saturated heterocycles. The van der Waals surface area contributed by atoms with Gasteiger partial charge in [0.1, 0.15) is 0 Å². The van der Waals surface area contributed by atoms with Crippen LogP contribution in [0.4, 0.5) is 0 Å². The molecule has 1 aliphatic carbocycles. The Hall–Kier alpha value is -0.930. The molecule has 2 rings (SSSR count). The fraction of sp³-hybridized carbons (Fsp3) is 0.615. The first-order valence-corrected chi connectivity index (χ1v) is 6.10. The molecule has 0 bridgehead atoms. The highest BCUT2D eigenvalue weighted by Gasteiger charge is 2.14. The van der Waals surface area contributed by atoms with Gasteiger partial charge in [-0.2, -0.15) is 0 Å². The third-order valence-electron chi connectivity index (χ3n) is 3.12. The van der Waals surface area contributed by atoms with Gasteiger partial charge in [0.2, 0.25) is 0 Å². The van der Waals surface area contributed by atoms with Crippen molar-refractivity contribution in [3.05, 3.63) is 23.8 Å². The summed E-state index contributed by atoms with van der Waals surface area (Å²) in [5.74, 6) is 0. The number of rotatable bonds is 2. The van der Waals surface area contributed by atoms with Gasteiger partial charge < -0.3 is 10.1 Å². The zero-order chi connectivity index (χ0) is 11.2. The van der Waals surface area contributed by atoms with Gasteiger partial charge in [0.05, 0.1) is 13.2 Å². The Morgan fingerprint density at radius 3 is 2.94 bits per heavy atom. The Morgan fingerprint density at radius 2 is 2.12 bits per heavy atom. The van der Waals surface area contributed by atoms with Gasteiger partial charge in [0, 0.05) is 25.3 Å². The van der Waals surface area contributed by atoms with Gasteiger partial charge in [-0.25, -0.2) is 0 Å². The number of ether oxygens (including phenoxy) is 1. The predicted octanol–water partition coefficient (Wildman–Crippen LogP) is 2.00. The quantitative estimate of drug-likeness (QED) is 0.772. The molecule has 0 saturated carbocycles. The maximum absolute atomic E-state index is 8.04. The lowest BCUT2D eigenvalue weighted by Gasteiger charge is -2.27. The largest absolute Gasteiger partial charge is 0.379 e. The molecule has 0 aromatic carbocycles. The van der Waals surface area contributed by atoms with Crippen molar-refractivity contribution in [1.82, 2.24) is 4.90 Å². The average molecular weight is 220 g/mol. The first kappa shape index (κ1) is 11.6. The molecule has 2 aliphatic rings. The molecule has 1 aliphatic heterocycles. The van der Waals surface area contributed by atoms with Crippen LogP contribution in [0.5, 0.6) is 0 Å². The van der Waals surface area contributed by atoms with Gasteiger partial charge in [0.15, 0.2) is 0 Å². The summed E-state index contributed by atoms with van der Waals surface area (Å²) in [6.45, 7) is 4.56. The maximum Gasteiger partial charge on any atom is 0.0594 e. The zero-order valence-electron chi connectivity index (χ0n) is 9.74. The topological polar surface area (TPSA) is 36.3 Å².